The smallest absolute Gasteiger partial charge is 0.265 e. The van der Waals surface area contributed by atoms with E-state index in [0.29, 0.717) is 33.5 Å². The van der Waals surface area contributed by atoms with Crippen molar-refractivity contribution in [1.82, 2.24) is 24.6 Å². The van der Waals surface area contributed by atoms with Gasteiger partial charge in [-0.05, 0) is 35.9 Å². The van der Waals surface area contributed by atoms with Gasteiger partial charge in [-0.2, -0.15) is 5.10 Å². The number of benzene rings is 2. The van der Waals surface area contributed by atoms with E-state index in [1.54, 1.807) is 28.5 Å². The molecule has 1 atom stereocenters. The number of nitrogens with zero attached hydrogens (tertiary/aromatic N) is 4. The van der Waals surface area contributed by atoms with E-state index in [-0.39, 0.29) is 23.9 Å². The van der Waals surface area contributed by atoms with Gasteiger partial charge in [0.1, 0.15) is 11.1 Å². The Morgan fingerprint density at radius 1 is 1.27 bits per heavy atom. The van der Waals surface area contributed by atoms with Crippen molar-refractivity contribution < 1.29 is 9.53 Å². The fraction of sp³-hybridized carbons (Fsp3) is 0.217. The molecule has 0 spiro atoms. The average molecular weight is 482 g/mol. The van der Waals surface area contributed by atoms with Crippen LogP contribution in [-0.4, -0.2) is 38.1 Å². The minimum Gasteiger partial charge on any atom is -0.497 e. The standard InChI is InChI=1S/C23H20ClN5O3S/c1-32-18-7-5-14(6-8-18)11-25-20(30)10-17-13-33-23-27-21-19(22(31)28(17)23)12-26-29(21)16-4-2-3-15(24)9-16/h2-9,12,17H,10-11,13H2,1H3,(H,25,30). The Bertz CT molecular complexity index is 1400. The van der Waals surface area contributed by atoms with Gasteiger partial charge in [0.2, 0.25) is 5.91 Å². The third-order valence-electron chi connectivity index (χ3n) is 5.49. The number of amides is 1. The molecular formula is C23H20ClN5O3S. The van der Waals surface area contributed by atoms with Crippen LogP contribution in [0, 0.1) is 0 Å². The molecule has 0 saturated heterocycles. The zero-order valence-corrected chi connectivity index (χ0v) is 19.3. The van der Waals surface area contributed by atoms with Gasteiger partial charge in [0, 0.05) is 23.7 Å². The number of rotatable bonds is 6. The maximum atomic E-state index is 13.3. The number of methoxy groups -OCH3 is 1. The fourth-order valence-corrected chi connectivity index (χ4v) is 5.12. The van der Waals surface area contributed by atoms with Crippen molar-refractivity contribution in [1.29, 1.82) is 0 Å². The van der Waals surface area contributed by atoms with Crippen LogP contribution in [0.5, 0.6) is 5.75 Å². The molecular weight excluding hydrogens is 462 g/mol. The average Bonchev–Trinajstić information content (AvgIpc) is 3.43. The van der Waals surface area contributed by atoms with Gasteiger partial charge >= 0.3 is 0 Å². The number of nitrogens with one attached hydrogen (secondary N) is 1. The van der Waals surface area contributed by atoms with Gasteiger partial charge < -0.3 is 10.1 Å². The topological polar surface area (TPSA) is 91.0 Å². The zero-order chi connectivity index (χ0) is 22.9. The molecule has 0 aliphatic carbocycles. The lowest BCUT2D eigenvalue weighted by Gasteiger charge is -2.13. The number of aromatic nitrogens is 4. The predicted molar refractivity (Wildman–Crippen MR) is 127 cm³/mol. The van der Waals surface area contributed by atoms with Crippen LogP contribution in [-0.2, 0) is 11.3 Å². The molecule has 3 heterocycles. The lowest BCUT2D eigenvalue weighted by molar-refractivity contribution is -0.121. The molecule has 1 N–H and O–H groups in total. The van der Waals surface area contributed by atoms with Gasteiger partial charge in [-0.1, -0.05) is 41.6 Å². The summed E-state index contributed by atoms with van der Waals surface area (Å²) in [7, 11) is 1.61. The first-order valence-corrected chi connectivity index (χ1v) is 11.7. The fourth-order valence-electron chi connectivity index (χ4n) is 3.81. The molecule has 1 unspecified atom stereocenters. The number of ether oxygens (including phenoxy) is 1. The maximum absolute atomic E-state index is 13.3. The second-order valence-corrected chi connectivity index (χ2v) is 9.06. The minimum absolute atomic E-state index is 0.120. The Hall–Kier alpha value is -3.30. The lowest BCUT2D eigenvalue weighted by Crippen LogP contribution is -2.30. The number of thioether (sulfide) groups is 1. The number of halogens is 1. The summed E-state index contributed by atoms with van der Waals surface area (Å²) in [6.45, 7) is 0.411. The highest BCUT2D eigenvalue weighted by atomic mass is 35.5. The highest BCUT2D eigenvalue weighted by Crippen LogP contribution is 2.33. The van der Waals surface area contributed by atoms with E-state index in [1.165, 1.54) is 18.0 Å². The molecule has 0 saturated carbocycles. The number of fused-ring (bicyclic) bond motifs is 2. The Labute approximate surface area is 198 Å². The van der Waals surface area contributed by atoms with E-state index in [1.807, 2.05) is 36.4 Å². The van der Waals surface area contributed by atoms with Crippen molar-refractivity contribution in [2.75, 3.05) is 12.9 Å². The number of hydrogen-bond donors (Lipinski definition) is 1. The van der Waals surface area contributed by atoms with Crippen LogP contribution in [0.15, 0.2) is 64.7 Å². The molecule has 10 heteroatoms. The van der Waals surface area contributed by atoms with Gasteiger partial charge in [-0.25, -0.2) is 9.67 Å². The van der Waals surface area contributed by atoms with Crippen LogP contribution in [0.4, 0.5) is 0 Å². The summed E-state index contributed by atoms with van der Waals surface area (Å²) in [6.07, 6.45) is 1.72. The molecule has 4 aromatic rings. The first-order chi connectivity index (χ1) is 16.0. The molecule has 5 rings (SSSR count). The van der Waals surface area contributed by atoms with E-state index in [0.717, 1.165) is 17.0 Å². The SMILES string of the molecule is COc1ccc(CNC(=O)CC2CSc3nc4c(cnn4-c4cccc(Cl)c4)c(=O)n32)cc1. The minimum atomic E-state index is -0.264. The van der Waals surface area contributed by atoms with E-state index >= 15 is 0 Å². The van der Waals surface area contributed by atoms with Crippen LogP contribution in [0.3, 0.4) is 0 Å². The monoisotopic (exact) mass is 481 g/mol. The van der Waals surface area contributed by atoms with Crippen molar-refractivity contribution in [3.8, 4) is 11.4 Å². The third kappa shape index (κ3) is 4.21. The molecule has 1 amide bonds. The molecule has 1 aliphatic rings. The quantitative estimate of drug-likeness (QED) is 0.423. The second kappa shape index (κ2) is 8.92. The van der Waals surface area contributed by atoms with Gasteiger partial charge in [-0.15, -0.1) is 0 Å². The molecule has 0 radical (unpaired) electrons. The first kappa shape index (κ1) is 21.5. The highest BCUT2D eigenvalue weighted by Gasteiger charge is 2.29. The number of carbonyl (C=O) groups excluding carboxylic acids is 1. The summed E-state index contributed by atoms with van der Waals surface area (Å²) >= 11 is 7.58. The Balaban J connectivity index is 1.35. The summed E-state index contributed by atoms with van der Waals surface area (Å²) in [4.78, 5) is 30.5. The zero-order valence-electron chi connectivity index (χ0n) is 17.7. The summed E-state index contributed by atoms with van der Waals surface area (Å²) in [5, 5.41) is 8.85. The molecule has 0 fully saturated rings. The van der Waals surface area contributed by atoms with Crippen LogP contribution in [0.25, 0.3) is 16.7 Å². The van der Waals surface area contributed by atoms with Crippen molar-refractivity contribution in [2.24, 2.45) is 0 Å². The molecule has 2 aromatic carbocycles. The van der Waals surface area contributed by atoms with Gasteiger partial charge in [-0.3, -0.25) is 14.2 Å². The molecule has 168 valence electrons. The summed E-state index contributed by atoms with van der Waals surface area (Å²) in [5.74, 6) is 1.25. The largest absolute Gasteiger partial charge is 0.497 e. The summed E-state index contributed by atoms with van der Waals surface area (Å²) in [5.41, 5.74) is 1.98. The Morgan fingerprint density at radius 2 is 2.09 bits per heavy atom. The molecule has 1 aliphatic heterocycles. The van der Waals surface area contributed by atoms with E-state index in [2.05, 4.69) is 15.4 Å². The van der Waals surface area contributed by atoms with E-state index in [9.17, 15) is 9.59 Å². The summed E-state index contributed by atoms with van der Waals surface area (Å²) in [6, 6.07) is 14.5. The second-order valence-electron chi connectivity index (χ2n) is 7.64. The molecule has 8 nitrogen and oxygen atoms in total. The van der Waals surface area contributed by atoms with Crippen molar-refractivity contribution in [3.63, 3.8) is 0 Å². The van der Waals surface area contributed by atoms with Crippen LogP contribution in [0.2, 0.25) is 5.02 Å². The number of hydrogen-bond acceptors (Lipinski definition) is 6. The van der Waals surface area contributed by atoms with Crippen molar-refractivity contribution in [3.05, 3.63) is 75.7 Å². The lowest BCUT2D eigenvalue weighted by atomic mass is 10.2. The van der Waals surface area contributed by atoms with Crippen molar-refractivity contribution >= 4 is 40.3 Å². The molecule has 0 bridgehead atoms. The predicted octanol–water partition coefficient (Wildman–Crippen LogP) is 3.60. The molecule has 2 aromatic heterocycles. The first-order valence-electron chi connectivity index (χ1n) is 10.3. The van der Waals surface area contributed by atoms with Gasteiger partial charge in [0.25, 0.3) is 5.56 Å². The van der Waals surface area contributed by atoms with Crippen LogP contribution in [0.1, 0.15) is 18.0 Å². The van der Waals surface area contributed by atoms with Gasteiger partial charge in [0.15, 0.2) is 10.8 Å². The number of carbonyl (C=O) groups is 1. The van der Waals surface area contributed by atoms with Crippen LogP contribution >= 0.6 is 23.4 Å². The van der Waals surface area contributed by atoms with Crippen LogP contribution < -0.4 is 15.6 Å². The Kier molecular flexibility index (Phi) is 5.82. The summed E-state index contributed by atoms with van der Waals surface area (Å²) < 4.78 is 8.38. The molecule has 33 heavy (non-hydrogen) atoms. The van der Waals surface area contributed by atoms with Gasteiger partial charge in [0.05, 0.1) is 25.0 Å². The maximum Gasteiger partial charge on any atom is 0.265 e. The van der Waals surface area contributed by atoms with Crippen molar-refractivity contribution in [2.45, 2.75) is 24.2 Å². The normalized spacial score (nSPS) is 14.9. The van der Waals surface area contributed by atoms with E-state index < -0.39 is 0 Å². The Morgan fingerprint density at radius 3 is 2.85 bits per heavy atom. The highest BCUT2D eigenvalue weighted by molar-refractivity contribution is 7.99. The third-order valence-corrected chi connectivity index (χ3v) is 6.83. The van der Waals surface area contributed by atoms with E-state index in [4.69, 9.17) is 16.3 Å².